The minimum atomic E-state index is -0.791. The molecule has 0 unspecified atom stereocenters. The zero-order valence-electron chi connectivity index (χ0n) is 12.6. The minimum absolute atomic E-state index is 0.120. The molecule has 0 aliphatic rings. The van der Waals surface area contributed by atoms with Gasteiger partial charge in [0.15, 0.2) is 0 Å². The van der Waals surface area contributed by atoms with E-state index in [2.05, 4.69) is 25.6 Å². The van der Waals surface area contributed by atoms with Gasteiger partial charge in [-0.1, -0.05) is 18.2 Å². The van der Waals surface area contributed by atoms with Crippen molar-refractivity contribution in [1.29, 1.82) is 0 Å². The number of aryl methyl sites for hydroxylation is 1. The van der Waals surface area contributed by atoms with E-state index in [4.69, 9.17) is 0 Å². The van der Waals surface area contributed by atoms with Gasteiger partial charge in [0.05, 0.1) is 22.6 Å². The Morgan fingerprint density at radius 2 is 1.91 bits per heavy atom. The molecule has 2 aromatic heterocycles. The van der Waals surface area contributed by atoms with Crippen LogP contribution in [0.4, 0.5) is 5.95 Å². The zero-order valence-corrected chi connectivity index (χ0v) is 12.6. The summed E-state index contributed by atoms with van der Waals surface area (Å²) in [6.07, 6.45) is 1.24. The summed E-state index contributed by atoms with van der Waals surface area (Å²) in [5, 5.41) is 12.8. The molecule has 0 bridgehead atoms. The zero-order chi connectivity index (χ0) is 16.4. The number of H-pyrrole nitrogens is 1. The number of amides is 1. The van der Waals surface area contributed by atoms with Crippen molar-refractivity contribution in [2.45, 2.75) is 13.8 Å². The minimum Gasteiger partial charge on any atom is -0.288 e. The van der Waals surface area contributed by atoms with Crippen molar-refractivity contribution >= 4 is 17.6 Å². The fourth-order valence-corrected chi connectivity index (χ4v) is 2.34. The number of carbonyl (C=O) groups is 2. The Hall–Kier alpha value is -3.29. The Bertz CT molecular complexity index is 852. The summed E-state index contributed by atoms with van der Waals surface area (Å²) in [5.41, 5.74) is 2.20. The highest BCUT2D eigenvalue weighted by atomic mass is 16.2. The van der Waals surface area contributed by atoms with Gasteiger partial charge in [0, 0.05) is 0 Å². The highest BCUT2D eigenvalue weighted by Crippen LogP contribution is 2.18. The highest BCUT2D eigenvalue weighted by molar-refractivity contribution is 6.46. The van der Waals surface area contributed by atoms with Crippen molar-refractivity contribution in [3.05, 3.63) is 53.6 Å². The smallest absolute Gasteiger partial charge is 0.288 e. The maximum Gasteiger partial charge on any atom is 0.299 e. The molecule has 0 aliphatic heterocycles. The Morgan fingerprint density at radius 3 is 2.57 bits per heavy atom. The number of rotatable bonds is 4. The van der Waals surface area contributed by atoms with Crippen molar-refractivity contribution in [3.63, 3.8) is 0 Å². The lowest BCUT2D eigenvalue weighted by Gasteiger charge is -2.04. The standard InChI is InChI=1S/C15H14N6O2/c1-9-12(13(22)14(23)18-15-16-8-17-19-15)10(2)21(20-9)11-6-4-3-5-7-11/h3-8H,1-2H3,(H2,16,17,18,19,23). The summed E-state index contributed by atoms with van der Waals surface area (Å²) < 4.78 is 1.64. The largest absolute Gasteiger partial charge is 0.299 e. The quantitative estimate of drug-likeness (QED) is 0.560. The molecule has 1 aromatic carbocycles. The second-order valence-corrected chi connectivity index (χ2v) is 4.91. The van der Waals surface area contributed by atoms with Crippen molar-refractivity contribution in [2.75, 3.05) is 5.32 Å². The van der Waals surface area contributed by atoms with Crippen LogP contribution < -0.4 is 5.32 Å². The third-order valence-electron chi connectivity index (χ3n) is 3.37. The van der Waals surface area contributed by atoms with E-state index in [-0.39, 0.29) is 11.5 Å². The number of aromatic amines is 1. The summed E-state index contributed by atoms with van der Waals surface area (Å²) in [4.78, 5) is 28.3. The lowest BCUT2D eigenvalue weighted by atomic mass is 10.1. The molecule has 0 fully saturated rings. The number of aromatic nitrogens is 5. The Balaban J connectivity index is 1.92. The summed E-state index contributed by atoms with van der Waals surface area (Å²) in [7, 11) is 0. The highest BCUT2D eigenvalue weighted by Gasteiger charge is 2.25. The number of nitrogens with zero attached hydrogens (tertiary/aromatic N) is 4. The van der Waals surface area contributed by atoms with E-state index in [1.165, 1.54) is 6.33 Å². The van der Waals surface area contributed by atoms with Gasteiger partial charge in [-0.05, 0) is 26.0 Å². The number of carbonyl (C=O) groups excluding carboxylic acids is 2. The van der Waals surface area contributed by atoms with Crippen molar-refractivity contribution in [3.8, 4) is 5.69 Å². The molecule has 23 heavy (non-hydrogen) atoms. The van der Waals surface area contributed by atoms with E-state index in [9.17, 15) is 9.59 Å². The number of ketones is 1. The molecule has 0 saturated carbocycles. The van der Waals surface area contributed by atoms with Crippen LogP contribution in [-0.2, 0) is 4.79 Å². The monoisotopic (exact) mass is 310 g/mol. The van der Waals surface area contributed by atoms with E-state index >= 15 is 0 Å². The molecule has 0 aliphatic carbocycles. The van der Waals surface area contributed by atoms with Crippen LogP contribution in [0.15, 0.2) is 36.7 Å². The van der Waals surface area contributed by atoms with Gasteiger partial charge in [-0.25, -0.2) is 9.78 Å². The predicted octanol–water partition coefficient (Wildman–Crippen LogP) is 1.43. The Labute approximate surface area is 131 Å². The van der Waals surface area contributed by atoms with Crippen LogP contribution in [0.1, 0.15) is 21.7 Å². The SMILES string of the molecule is Cc1nn(-c2ccccc2)c(C)c1C(=O)C(=O)Nc1ncn[nH]1. The molecular weight excluding hydrogens is 296 g/mol. The van der Waals surface area contributed by atoms with Gasteiger partial charge in [-0.3, -0.25) is 14.9 Å². The average Bonchev–Trinajstić information content (AvgIpc) is 3.15. The molecule has 2 heterocycles. The molecule has 8 heteroatoms. The molecule has 3 aromatic rings. The molecule has 0 atom stereocenters. The van der Waals surface area contributed by atoms with E-state index in [0.717, 1.165) is 5.69 Å². The van der Waals surface area contributed by atoms with Gasteiger partial charge >= 0.3 is 0 Å². The molecule has 2 N–H and O–H groups in total. The molecule has 0 spiro atoms. The molecule has 0 radical (unpaired) electrons. The third kappa shape index (κ3) is 2.73. The fourth-order valence-electron chi connectivity index (χ4n) is 2.34. The summed E-state index contributed by atoms with van der Waals surface area (Å²) >= 11 is 0. The molecule has 0 saturated heterocycles. The summed E-state index contributed by atoms with van der Waals surface area (Å²) in [5.74, 6) is -1.34. The van der Waals surface area contributed by atoms with E-state index in [1.807, 2.05) is 30.3 Å². The predicted molar refractivity (Wildman–Crippen MR) is 82.4 cm³/mol. The lowest BCUT2D eigenvalue weighted by molar-refractivity contribution is -0.112. The van der Waals surface area contributed by atoms with Crippen LogP contribution in [0.5, 0.6) is 0 Å². The first-order chi connectivity index (χ1) is 11.1. The first-order valence-corrected chi connectivity index (χ1v) is 6.90. The van der Waals surface area contributed by atoms with Gasteiger partial charge in [0.25, 0.3) is 11.7 Å². The number of hydrogen-bond donors (Lipinski definition) is 2. The van der Waals surface area contributed by atoms with Gasteiger partial charge in [0.1, 0.15) is 6.33 Å². The van der Waals surface area contributed by atoms with Crippen molar-refractivity contribution < 1.29 is 9.59 Å². The number of hydrogen-bond acceptors (Lipinski definition) is 5. The van der Waals surface area contributed by atoms with Crippen LogP contribution in [0, 0.1) is 13.8 Å². The van der Waals surface area contributed by atoms with Gasteiger partial charge in [0.2, 0.25) is 5.95 Å². The van der Waals surface area contributed by atoms with Crippen LogP contribution in [0.3, 0.4) is 0 Å². The van der Waals surface area contributed by atoms with Crippen LogP contribution >= 0.6 is 0 Å². The molecule has 3 rings (SSSR count). The number of benzene rings is 1. The molecule has 1 amide bonds. The summed E-state index contributed by atoms with van der Waals surface area (Å²) in [6, 6.07) is 9.41. The number of nitrogens with one attached hydrogen (secondary N) is 2. The number of para-hydroxylation sites is 1. The van der Waals surface area contributed by atoms with Crippen molar-refractivity contribution in [1.82, 2.24) is 25.0 Å². The average molecular weight is 310 g/mol. The lowest BCUT2D eigenvalue weighted by Crippen LogP contribution is -2.24. The van der Waals surface area contributed by atoms with Gasteiger partial charge in [-0.2, -0.15) is 15.2 Å². The van der Waals surface area contributed by atoms with E-state index in [0.29, 0.717) is 11.4 Å². The van der Waals surface area contributed by atoms with Crippen LogP contribution in [-0.4, -0.2) is 36.7 Å². The second kappa shape index (κ2) is 5.84. The fraction of sp³-hybridized carbons (Fsp3) is 0.133. The topological polar surface area (TPSA) is 106 Å². The van der Waals surface area contributed by atoms with Gasteiger partial charge in [-0.15, -0.1) is 0 Å². The second-order valence-electron chi connectivity index (χ2n) is 4.91. The van der Waals surface area contributed by atoms with E-state index in [1.54, 1.807) is 18.5 Å². The maximum atomic E-state index is 12.4. The summed E-state index contributed by atoms with van der Waals surface area (Å²) in [6.45, 7) is 3.45. The van der Waals surface area contributed by atoms with Crippen LogP contribution in [0.2, 0.25) is 0 Å². The maximum absolute atomic E-state index is 12.4. The molecule has 116 valence electrons. The Kier molecular flexibility index (Phi) is 3.71. The first-order valence-electron chi connectivity index (χ1n) is 6.90. The molecule has 8 nitrogen and oxygen atoms in total. The number of anilines is 1. The Morgan fingerprint density at radius 1 is 1.17 bits per heavy atom. The number of Topliss-reactive ketones (excluding diaryl/α,β-unsaturated/α-hetero) is 1. The first kappa shape index (κ1) is 14.6. The van der Waals surface area contributed by atoms with E-state index < -0.39 is 11.7 Å². The molecular formula is C15H14N6O2. The van der Waals surface area contributed by atoms with Crippen LogP contribution in [0.25, 0.3) is 5.69 Å². The van der Waals surface area contributed by atoms with Crippen molar-refractivity contribution in [2.24, 2.45) is 0 Å². The normalized spacial score (nSPS) is 10.5. The van der Waals surface area contributed by atoms with Gasteiger partial charge < -0.3 is 0 Å². The third-order valence-corrected chi connectivity index (χ3v) is 3.37.